The van der Waals surface area contributed by atoms with E-state index in [1.165, 1.54) is 0 Å². The van der Waals surface area contributed by atoms with Gasteiger partial charge in [0.05, 0.1) is 5.41 Å². The third-order valence-electron chi connectivity index (χ3n) is 3.68. The van der Waals surface area contributed by atoms with Gasteiger partial charge in [0.2, 0.25) is 5.91 Å². The quantitative estimate of drug-likeness (QED) is 0.651. The Balaban J connectivity index is 1.83. The zero-order valence-electron chi connectivity index (χ0n) is 10.3. The fourth-order valence-electron chi connectivity index (χ4n) is 2.21. The first kappa shape index (κ1) is 11.8. The topological polar surface area (TPSA) is 47.6 Å². The second-order valence-corrected chi connectivity index (χ2v) is 5.22. The summed E-state index contributed by atoms with van der Waals surface area (Å²) in [6.07, 6.45) is 0.937. The van der Waals surface area contributed by atoms with Crippen LogP contribution in [-0.4, -0.2) is 62.1 Å². The Kier molecular flexibility index (Phi) is 3.47. The van der Waals surface area contributed by atoms with Crippen molar-refractivity contribution in [2.75, 3.05) is 46.3 Å². The Bertz CT molecular complexity index is 255. The van der Waals surface area contributed by atoms with Crippen molar-refractivity contribution in [3.05, 3.63) is 0 Å². The predicted octanol–water partition coefficient (Wildman–Crippen LogP) is -0.735. The molecule has 2 rings (SSSR count). The van der Waals surface area contributed by atoms with Crippen molar-refractivity contribution < 1.29 is 4.79 Å². The van der Waals surface area contributed by atoms with Crippen LogP contribution in [0, 0.1) is 5.41 Å². The van der Waals surface area contributed by atoms with Gasteiger partial charge in [0, 0.05) is 32.7 Å². The zero-order valence-corrected chi connectivity index (χ0v) is 10.3. The van der Waals surface area contributed by atoms with Crippen LogP contribution in [0.15, 0.2) is 0 Å². The Morgan fingerprint density at radius 3 is 2.56 bits per heavy atom. The smallest absolute Gasteiger partial charge is 0.241 e. The lowest BCUT2D eigenvalue weighted by Crippen LogP contribution is -2.55. The van der Waals surface area contributed by atoms with Crippen LogP contribution in [0.3, 0.4) is 0 Å². The number of amides is 1. The van der Waals surface area contributed by atoms with Crippen LogP contribution >= 0.6 is 0 Å². The maximum absolute atomic E-state index is 12.1. The molecule has 1 amide bonds. The predicted molar refractivity (Wildman–Crippen MR) is 62.8 cm³/mol. The van der Waals surface area contributed by atoms with E-state index in [0.29, 0.717) is 0 Å². The molecule has 2 aliphatic heterocycles. The minimum atomic E-state index is -0.219. The molecule has 2 saturated heterocycles. The number of hydrogen-bond acceptors (Lipinski definition) is 4. The number of hydrogen-bond donors (Lipinski definition) is 2. The van der Waals surface area contributed by atoms with E-state index in [9.17, 15) is 4.79 Å². The minimum absolute atomic E-state index is 0.169. The Hall–Kier alpha value is -0.650. The van der Waals surface area contributed by atoms with Crippen molar-refractivity contribution in [3.8, 4) is 0 Å². The van der Waals surface area contributed by atoms with E-state index in [1.54, 1.807) is 0 Å². The second kappa shape index (κ2) is 4.69. The zero-order chi connectivity index (χ0) is 11.6. The number of carbonyl (C=O) groups is 1. The SMILES string of the molecule is CN1CCN(NC(=O)C2(C)CCNC2)CC1. The fourth-order valence-corrected chi connectivity index (χ4v) is 2.21. The number of nitrogens with one attached hydrogen (secondary N) is 2. The summed E-state index contributed by atoms with van der Waals surface area (Å²) < 4.78 is 0. The average molecular weight is 226 g/mol. The molecule has 2 aliphatic rings. The second-order valence-electron chi connectivity index (χ2n) is 5.22. The largest absolute Gasteiger partial charge is 0.316 e. The number of rotatable bonds is 2. The normalized spacial score (nSPS) is 32.9. The maximum atomic E-state index is 12.1. The molecule has 0 aliphatic carbocycles. The summed E-state index contributed by atoms with van der Waals surface area (Å²) in [5, 5.41) is 5.30. The van der Waals surface area contributed by atoms with E-state index in [4.69, 9.17) is 0 Å². The monoisotopic (exact) mass is 226 g/mol. The van der Waals surface area contributed by atoms with Crippen molar-refractivity contribution in [3.63, 3.8) is 0 Å². The lowest BCUT2D eigenvalue weighted by atomic mass is 9.89. The van der Waals surface area contributed by atoms with E-state index >= 15 is 0 Å². The molecule has 0 radical (unpaired) electrons. The van der Waals surface area contributed by atoms with Gasteiger partial charge in [0.1, 0.15) is 0 Å². The van der Waals surface area contributed by atoms with E-state index < -0.39 is 0 Å². The van der Waals surface area contributed by atoms with Crippen molar-refractivity contribution in [1.82, 2.24) is 20.7 Å². The van der Waals surface area contributed by atoms with Crippen LogP contribution in [0.4, 0.5) is 0 Å². The van der Waals surface area contributed by atoms with Gasteiger partial charge in [-0.2, -0.15) is 0 Å². The van der Waals surface area contributed by atoms with Gasteiger partial charge < -0.3 is 10.2 Å². The van der Waals surface area contributed by atoms with E-state index in [2.05, 4.69) is 22.7 Å². The molecule has 1 atom stereocenters. The molecule has 0 aromatic rings. The summed E-state index contributed by atoms with van der Waals surface area (Å²) in [6.45, 7) is 7.68. The summed E-state index contributed by atoms with van der Waals surface area (Å²) in [5.41, 5.74) is 2.83. The Morgan fingerprint density at radius 1 is 1.31 bits per heavy atom. The third-order valence-corrected chi connectivity index (χ3v) is 3.68. The standard InChI is InChI=1S/C11H22N4O/c1-11(3-4-12-9-11)10(16)13-15-7-5-14(2)6-8-15/h12H,3-9H2,1-2H3,(H,13,16). The number of likely N-dealkylation sites (N-methyl/N-ethyl adjacent to an activating group) is 1. The molecule has 1 unspecified atom stereocenters. The maximum Gasteiger partial charge on any atom is 0.241 e. The molecule has 2 N–H and O–H groups in total. The van der Waals surface area contributed by atoms with Crippen LogP contribution in [0.2, 0.25) is 0 Å². The number of piperazine rings is 1. The van der Waals surface area contributed by atoms with Crippen LogP contribution in [0.5, 0.6) is 0 Å². The summed E-state index contributed by atoms with van der Waals surface area (Å²) >= 11 is 0. The molecule has 0 aromatic heterocycles. The molecule has 0 spiro atoms. The van der Waals surface area contributed by atoms with Crippen molar-refractivity contribution >= 4 is 5.91 Å². The van der Waals surface area contributed by atoms with Gasteiger partial charge in [-0.25, -0.2) is 5.01 Å². The minimum Gasteiger partial charge on any atom is -0.316 e. The van der Waals surface area contributed by atoms with Gasteiger partial charge in [-0.1, -0.05) is 0 Å². The van der Waals surface area contributed by atoms with Gasteiger partial charge in [0.25, 0.3) is 0 Å². The number of carbonyl (C=O) groups excluding carboxylic acids is 1. The Morgan fingerprint density at radius 2 is 2.00 bits per heavy atom. The molecule has 5 nitrogen and oxygen atoms in total. The molecule has 0 saturated carbocycles. The van der Waals surface area contributed by atoms with Gasteiger partial charge in [-0.05, 0) is 26.9 Å². The highest BCUT2D eigenvalue weighted by atomic mass is 16.2. The molecular weight excluding hydrogens is 204 g/mol. The fraction of sp³-hybridized carbons (Fsp3) is 0.909. The van der Waals surface area contributed by atoms with E-state index in [0.717, 1.165) is 45.7 Å². The van der Waals surface area contributed by atoms with Gasteiger partial charge >= 0.3 is 0 Å². The van der Waals surface area contributed by atoms with Crippen molar-refractivity contribution in [2.45, 2.75) is 13.3 Å². The molecule has 2 heterocycles. The van der Waals surface area contributed by atoms with E-state index in [1.807, 2.05) is 11.9 Å². The van der Waals surface area contributed by atoms with Crippen molar-refractivity contribution in [2.24, 2.45) is 5.41 Å². The molecule has 5 heteroatoms. The lowest BCUT2D eigenvalue weighted by molar-refractivity contribution is -0.135. The number of nitrogens with zero attached hydrogens (tertiary/aromatic N) is 2. The molecule has 16 heavy (non-hydrogen) atoms. The summed E-state index contributed by atoms with van der Waals surface area (Å²) in [6, 6.07) is 0. The average Bonchev–Trinajstić information content (AvgIpc) is 2.70. The summed E-state index contributed by atoms with van der Waals surface area (Å²) in [4.78, 5) is 14.4. The first-order chi connectivity index (χ1) is 7.60. The van der Waals surface area contributed by atoms with E-state index in [-0.39, 0.29) is 11.3 Å². The first-order valence-electron chi connectivity index (χ1n) is 6.05. The van der Waals surface area contributed by atoms with Gasteiger partial charge in [-0.3, -0.25) is 10.2 Å². The molecule has 0 aromatic carbocycles. The van der Waals surface area contributed by atoms with Crippen LogP contribution in [0.25, 0.3) is 0 Å². The van der Waals surface area contributed by atoms with Crippen LogP contribution < -0.4 is 10.7 Å². The van der Waals surface area contributed by atoms with Crippen LogP contribution in [-0.2, 0) is 4.79 Å². The highest BCUT2D eigenvalue weighted by Gasteiger charge is 2.37. The van der Waals surface area contributed by atoms with Crippen LogP contribution in [0.1, 0.15) is 13.3 Å². The molecule has 2 fully saturated rings. The Labute approximate surface area is 97.1 Å². The number of hydrazine groups is 1. The van der Waals surface area contributed by atoms with Gasteiger partial charge in [0.15, 0.2) is 0 Å². The van der Waals surface area contributed by atoms with Gasteiger partial charge in [-0.15, -0.1) is 0 Å². The molecule has 92 valence electrons. The van der Waals surface area contributed by atoms with Crippen molar-refractivity contribution in [1.29, 1.82) is 0 Å². The summed E-state index contributed by atoms with van der Waals surface area (Å²) in [7, 11) is 2.11. The lowest BCUT2D eigenvalue weighted by Gasteiger charge is -2.34. The molecular formula is C11H22N4O. The first-order valence-corrected chi connectivity index (χ1v) is 6.05. The highest BCUT2D eigenvalue weighted by molar-refractivity contribution is 5.82. The molecule has 0 bridgehead atoms. The highest BCUT2D eigenvalue weighted by Crippen LogP contribution is 2.24. The third kappa shape index (κ3) is 2.53. The summed E-state index contributed by atoms with van der Waals surface area (Å²) in [5.74, 6) is 0.169.